The van der Waals surface area contributed by atoms with Crippen molar-refractivity contribution < 1.29 is 40.0 Å². The van der Waals surface area contributed by atoms with Crippen molar-refractivity contribution in [2.24, 2.45) is 0 Å². The van der Waals surface area contributed by atoms with Crippen LogP contribution in [0, 0.1) is 17.5 Å². The Labute approximate surface area is 152 Å². The van der Waals surface area contributed by atoms with Gasteiger partial charge in [0, 0.05) is 6.08 Å². The minimum atomic E-state index is -4.81. The Hall–Kier alpha value is -3.01. The summed E-state index contributed by atoms with van der Waals surface area (Å²) in [5.41, 5.74) is 0.445. The first-order valence-corrected chi connectivity index (χ1v) is 8.62. The molecule has 0 aromatic heterocycles. The van der Waals surface area contributed by atoms with Gasteiger partial charge in [-0.2, -0.15) is 8.42 Å². The second-order valence-corrected chi connectivity index (χ2v) is 6.49. The third kappa shape index (κ3) is 4.59. The smallest absolute Gasteiger partial charge is 0.342 e. The van der Waals surface area contributed by atoms with E-state index in [0.717, 1.165) is 6.08 Å². The zero-order chi connectivity index (χ0) is 20.2. The quantitative estimate of drug-likeness (QED) is 0.320. The highest BCUT2D eigenvalue weighted by molar-refractivity contribution is 7.87. The zero-order valence-electron chi connectivity index (χ0n) is 14.0. The van der Waals surface area contributed by atoms with Crippen molar-refractivity contribution in [3.8, 4) is 11.5 Å². The molecule has 0 amide bonds. The lowest BCUT2D eigenvalue weighted by atomic mass is 10.2. The number of hydrogen-bond acceptors (Lipinski definition) is 6. The van der Waals surface area contributed by atoms with Gasteiger partial charge in [-0.05, 0) is 35.9 Å². The Bertz CT molecular complexity index is 1000. The van der Waals surface area contributed by atoms with Crippen molar-refractivity contribution >= 4 is 22.2 Å². The van der Waals surface area contributed by atoms with Crippen LogP contribution in [0.4, 0.5) is 13.2 Å². The second-order valence-electron chi connectivity index (χ2n) is 4.98. The Morgan fingerprint density at radius 1 is 1.00 bits per heavy atom. The molecule has 0 fully saturated rings. The van der Waals surface area contributed by atoms with E-state index in [9.17, 15) is 26.4 Å². The molecule has 10 heteroatoms. The summed E-state index contributed by atoms with van der Waals surface area (Å²) in [5, 5.41) is 0. The molecular weight excluding hydrogens is 389 g/mol. The van der Waals surface area contributed by atoms with E-state index in [0.29, 0.717) is 17.7 Å². The highest BCUT2D eigenvalue weighted by atomic mass is 32.2. The predicted molar refractivity (Wildman–Crippen MR) is 88.2 cm³/mol. The number of ether oxygens (including phenoxy) is 2. The van der Waals surface area contributed by atoms with Crippen LogP contribution in [-0.2, 0) is 19.6 Å². The van der Waals surface area contributed by atoms with Gasteiger partial charge in [-0.1, -0.05) is 6.07 Å². The molecule has 0 atom stereocenters. The number of rotatable bonds is 6. The molecule has 2 aromatic rings. The van der Waals surface area contributed by atoms with E-state index in [1.165, 1.54) is 38.5 Å². The number of carbonyl (C=O) groups excluding carboxylic acids is 1. The van der Waals surface area contributed by atoms with Gasteiger partial charge in [0.2, 0.25) is 0 Å². The average Bonchev–Trinajstić information content (AvgIpc) is 2.64. The maximum Gasteiger partial charge on any atom is 0.342 e. The fourth-order valence-corrected chi connectivity index (χ4v) is 2.96. The summed E-state index contributed by atoms with van der Waals surface area (Å²) in [7, 11) is -2.39. The van der Waals surface area contributed by atoms with Crippen molar-refractivity contribution in [2.75, 3.05) is 14.2 Å². The zero-order valence-corrected chi connectivity index (χ0v) is 14.8. The van der Waals surface area contributed by atoms with Crippen LogP contribution in [0.3, 0.4) is 0 Å². The van der Waals surface area contributed by atoms with E-state index >= 15 is 0 Å². The second kappa shape index (κ2) is 8.12. The molecule has 0 heterocycles. The van der Waals surface area contributed by atoms with Gasteiger partial charge in [0.05, 0.1) is 14.2 Å². The monoisotopic (exact) mass is 402 g/mol. The van der Waals surface area contributed by atoms with Gasteiger partial charge >= 0.3 is 16.1 Å². The number of halogens is 3. The van der Waals surface area contributed by atoms with E-state index in [2.05, 4.69) is 4.74 Å². The van der Waals surface area contributed by atoms with E-state index in [1.807, 2.05) is 0 Å². The van der Waals surface area contributed by atoms with Crippen molar-refractivity contribution in [2.45, 2.75) is 4.90 Å². The van der Waals surface area contributed by atoms with E-state index < -0.39 is 38.4 Å². The summed E-state index contributed by atoms with van der Waals surface area (Å²) >= 11 is 0. The molecule has 0 aliphatic heterocycles. The summed E-state index contributed by atoms with van der Waals surface area (Å²) in [4.78, 5) is 9.93. The highest BCUT2D eigenvalue weighted by Gasteiger charge is 2.27. The van der Waals surface area contributed by atoms with Crippen LogP contribution in [0.5, 0.6) is 11.5 Å². The molecule has 0 aliphatic rings. The number of hydrogen-bond donors (Lipinski definition) is 0. The summed E-state index contributed by atoms with van der Waals surface area (Å²) in [5.74, 6) is -6.36. The number of esters is 1. The topological polar surface area (TPSA) is 78.9 Å². The largest absolute Gasteiger partial charge is 0.493 e. The molecular formula is C17H13F3O6S. The fourth-order valence-electron chi connectivity index (χ4n) is 1.95. The summed E-state index contributed by atoms with van der Waals surface area (Å²) in [6.07, 6.45) is 2.50. The van der Waals surface area contributed by atoms with Crippen LogP contribution in [0.1, 0.15) is 5.56 Å². The molecule has 0 bridgehead atoms. The first-order valence-electron chi connectivity index (χ1n) is 7.21. The summed E-state index contributed by atoms with van der Waals surface area (Å²) < 4.78 is 78.7. The van der Waals surface area contributed by atoms with Crippen molar-refractivity contribution in [1.82, 2.24) is 0 Å². The minimum Gasteiger partial charge on any atom is -0.493 e. The van der Waals surface area contributed by atoms with Crippen LogP contribution in [-0.4, -0.2) is 28.6 Å². The Balaban J connectivity index is 2.37. The molecule has 0 saturated heterocycles. The highest BCUT2D eigenvalue weighted by Crippen LogP contribution is 2.32. The van der Waals surface area contributed by atoms with Gasteiger partial charge in [0.15, 0.2) is 29.0 Å². The van der Waals surface area contributed by atoms with Gasteiger partial charge in [-0.25, -0.2) is 18.0 Å². The first-order chi connectivity index (χ1) is 12.7. The van der Waals surface area contributed by atoms with Gasteiger partial charge in [0.1, 0.15) is 4.90 Å². The van der Waals surface area contributed by atoms with Crippen molar-refractivity contribution in [1.29, 1.82) is 0 Å². The maximum atomic E-state index is 13.8. The van der Waals surface area contributed by atoms with Gasteiger partial charge in [-0.15, -0.1) is 0 Å². The third-order valence-corrected chi connectivity index (χ3v) is 4.52. The number of benzene rings is 2. The van der Waals surface area contributed by atoms with Crippen molar-refractivity contribution in [3.05, 3.63) is 59.4 Å². The molecule has 0 spiro atoms. The first kappa shape index (κ1) is 20.3. The van der Waals surface area contributed by atoms with Crippen LogP contribution >= 0.6 is 0 Å². The van der Waals surface area contributed by atoms with Crippen LogP contribution in [0.15, 0.2) is 41.3 Å². The van der Waals surface area contributed by atoms with Crippen LogP contribution in [0.25, 0.3) is 6.08 Å². The number of carbonyl (C=O) groups is 1. The molecule has 0 saturated carbocycles. The maximum absolute atomic E-state index is 13.8. The molecule has 144 valence electrons. The minimum absolute atomic E-state index is 0.0615. The van der Waals surface area contributed by atoms with E-state index in [-0.39, 0.29) is 11.5 Å². The summed E-state index contributed by atoms with van der Waals surface area (Å²) in [6, 6.07) is 4.92. The van der Waals surface area contributed by atoms with Gasteiger partial charge in [-0.3, -0.25) is 0 Å². The molecule has 2 aromatic carbocycles. The Kier molecular flexibility index (Phi) is 6.11. The lowest BCUT2D eigenvalue weighted by Gasteiger charge is -2.12. The standard InChI is InChI=1S/C17H13F3O6S/c1-24-13-9-10(4-8-15(21)25-2)3-6-12(13)26-27(22,23)14-7-5-11(18)16(19)17(14)20/h3-9H,1-2H3/b8-4+. The molecule has 0 unspecified atom stereocenters. The Morgan fingerprint density at radius 2 is 1.70 bits per heavy atom. The fraction of sp³-hybridized carbons (Fsp3) is 0.118. The molecule has 2 rings (SSSR count). The lowest BCUT2D eigenvalue weighted by molar-refractivity contribution is -0.134. The molecule has 6 nitrogen and oxygen atoms in total. The lowest BCUT2D eigenvalue weighted by Crippen LogP contribution is -2.13. The van der Waals surface area contributed by atoms with Crippen LogP contribution < -0.4 is 8.92 Å². The number of methoxy groups -OCH3 is 2. The molecule has 0 radical (unpaired) electrons. The normalized spacial score (nSPS) is 11.4. The molecule has 27 heavy (non-hydrogen) atoms. The van der Waals surface area contributed by atoms with E-state index in [4.69, 9.17) is 8.92 Å². The summed E-state index contributed by atoms with van der Waals surface area (Å²) in [6.45, 7) is 0. The Morgan fingerprint density at radius 3 is 2.33 bits per heavy atom. The SMILES string of the molecule is COC(=O)/C=C/c1ccc(OS(=O)(=O)c2ccc(F)c(F)c2F)c(OC)c1. The molecule has 0 aliphatic carbocycles. The van der Waals surface area contributed by atoms with Gasteiger partial charge in [0.25, 0.3) is 0 Å². The van der Waals surface area contributed by atoms with Gasteiger partial charge < -0.3 is 13.7 Å². The predicted octanol–water partition coefficient (Wildman–Crippen LogP) is 3.07. The molecule has 0 N–H and O–H groups in total. The van der Waals surface area contributed by atoms with Crippen molar-refractivity contribution in [3.63, 3.8) is 0 Å². The average molecular weight is 402 g/mol. The van der Waals surface area contributed by atoms with Crippen LogP contribution in [0.2, 0.25) is 0 Å². The van der Waals surface area contributed by atoms with E-state index in [1.54, 1.807) is 0 Å². The third-order valence-electron chi connectivity index (χ3n) is 3.27.